The van der Waals surface area contributed by atoms with Gasteiger partial charge < -0.3 is 9.29 Å². The van der Waals surface area contributed by atoms with Crippen LogP contribution in [-0.4, -0.2) is 11.5 Å². The highest BCUT2D eigenvalue weighted by molar-refractivity contribution is 7.81. The lowest BCUT2D eigenvalue weighted by atomic mass is 9.38. The maximum absolute atomic E-state index is 5.81. The molecule has 2 heterocycles. The Hall–Kier alpha value is -1.88. The highest BCUT2D eigenvalue weighted by Crippen LogP contribution is 2.32. The summed E-state index contributed by atoms with van der Waals surface area (Å²) in [5.74, 6) is 1.11. The maximum atomic E-state index is 5.81. The van der Waals surface area contributed by atoms with Gasteiger partial charge in [-0.2, -0.15) is 0 Å². The second kappa shape index (κ2) is 6.93. The van der Waals surface area contributed by atoms with E-state index < -0.39 is 6.42 Å². The molecule has 0 saturated carbocycles. The molecule has 1 aromatic heterocycles. The molecule has 0 saturated heterocycles. The fraction of sp³-hybridized carbons (Fsp3) is 0.368. The molecule has 0 fully saturated rings. The summed E-state index contributed by atoms with van der Waals surface area (Å²) in [5.41, 5.74) is 2.45. The minimum Gasteiger partial charge on any atom is -0.434 e. The molecule has 0 radical (unpaired) electrons. The number of fused-ring (bicyclic) bond motifs is 1. The normalized spacial score (nSPS) is 15.8. The number of hydrogen-bond acceptors (Lipinski definition) is 1. The summed E-state index contributed by atoms with van der Waals surface area (Å²) < 4.78 is 2.46. The molecule has 3 rings (SSSR count). The maximum Gasteiger partial charge on any atom is 0.292 e. The Bertz CT molecular complexity index is 727. The molecule has 0 aliphatic carbocycles. The molecule has 5 heteroatoms. The summed E-state index contributed by atoms with van der Waals surface area (Å²) in [6.07, 6.45) is 5.78. The average molecular weight is 339 g/mol. The van der Waals surface area contributed by atoms with Crippen molar-refractivity contribution in [1.29, 1.82) is 0 Å². The lowest BCUT2D eigenvalue weighted by Crippen LogP contribution is -2.79. The van der Waals surface area contributed by atoms with Crippen molar-refractivity contribution in [3.8, 4) is 0 Å². The number of hydrogen-bond donors (Lipinski definition) is 1. The topological polar surface area (TPSA) is 19.1 Å². The highest BCUT2D eigenvalue weighted by atomic mass is 32.1. The third-order valence-corrected chi connectivity index (χ3v) is 5.41. The summed E-state index contributed by atoms with van der Waals surface area (Å²) in [6.45, 7) is 6.69. The molecular weight excluding hydrogens is 313 g/mol. The van der Waals surface area contributed by atoms with Crippen LogP contribution < -0.4 is 14.6 Å². The zero-order valence-electron chi connectivity index (χ0n) is 14.8. The fourth-order valence-electron chi connectivity index (χ4n) is 4.23. The van der Waals surface area contributed by atoms with Crippen LogP contribution in [0.4, 0.5) is 11.5 Å². The standard InChI is InChI=1S/C19H26BN3S/c1-4-13-20(14-5-2)22-15-16(3)11-12-18(22)21-19(24)23(20)17-9-7-6-8-10-17/h6-12,15H,4-5,13-14H2,1-3H3,(H,21,24). The van der Waals surface area contributed by atoms with Gasteiger partial charge in [0, 0.05) is 18.0 Å². The Morgan fingerprint density at radius 1 is 1.04 bits per heavy atom. The number of rotatable bonds is 5. The number of benzene rings is 1. The summed E-state index contributed by atoms with van der Waals surface area (Å²) in [5, 5.41) is 4.26. The molecule has 0 bridgehead atoms. The van der Waals surface area contributed by atoms with E-state index in [4.69, 9.17) is 12.2 Å². The van der Waals surface area contributed by atoms with Crippen LogP contribution in [0.3, 0.4) is 0 Å². The highest BCUT2D eigenvalue weighted by Gasteiger charge is 2.45. The van der Waals surface area contributed by atoms with E-state index in [2.05, 4.69) is 84.0 Å². The van der Waals surface area contributed by atoms with Crippen molar-refractivity contribution in [2.75, 3.05) is 10.1 Å². The molecule has 0 spiro atoms. The van der Waals surface area contributed by atoms with Crippen LogP contribution in [0.1, 0.15) is 32.3 Å². The SMILES string of the molecule is CCC[B-]1(CCC)N(c2ccccc2)C(=S)Nc2ccc(C)c[n+]21. The molecule has 1 aliphatic heterocycles. The van der Waals surface area contributed by atoms with Crippen LogP contribution in [0, 0.1) is 6.92 Å². The lowest BCUT2D eigenvalue weighted by Gasteiger charge is -2.52. The second-order valence-electron chi connectivity index (χ2n) is 6.85. The van der Waals surface area contributed by atoms with Gasteiger partial charge in [-0.3, -0.25) is 0 Å². The lowest BCUT2D eigenvalue weighted by molar-refractivity contribution is -0.534. The van der Waals surface area contributed by atoms with Crippen molar-refractivity contribution in [2.45, 2.75) is 46.3 Å². The van der Waals surface area contributed by atoms with E-state index >= 15 is 0 Å². The first-order valence-electron chi connectivity index (χ1n) is 8.99. The van der Waals surface area contributed by atoms with Crippen molar-refractivity contribution in [1.82, 2.24) is 0 Å². The fourth-order valence-corrected chi connectivity index (χ4v) is 4.64. The molecule has 0 atom stereocenters. The first-order valence-corrected chi connectivity index (χ1v) is 9.40. The molecular formula is C19H26BN3S. The Labute approximate surface area is 150 Å². The number of thiocarbonyl (C=S) groups is 1. The Morgan fingerprint density at radius 2 is 1.71 bits per heavy atom. The minimum atomic E-state index is -0.997. The Kier molecular flexibility index (Phi) is 4.90. The predicted molar refractivity (Wildman–Crippen MR) is 108 cm³/mol. The van der Waals surface area contributed by atoms with E-state index in [0.717, 1.165) is 36.4 Å². The van der Waals surface area contributed by atoms with Crippen LogP contribution >= 0.6 is 12.2 Å². The van der Waals surface area contributed by atoms with E-state index in [-0.39, 0.29) is 0 Å². The number of aryl methyl sites for hydroxylation is 1. The molecule has 2 aromatic rings. The van der Waals surface area contributed by atoms with Gasteiger partial charge in [0.25, 0.3) is 6.42 Å². The van der Waals surface area contributed by atoms with Gasteiger partial charge in [0.1, 0.15) is 0 Å². The van der Waals surface area contributed by atoms with E-state index in [1.165, 1.54) is 11.3 Å². The summed E-state index contributed by atoms with van der Waals surface area (Å²) in [6, 6.07) is 14.9. The first-order chi connectivity index (χ1) is 11.6. The van der Waals surface area contributed by atoms with Gasteiger partial charge in [-0.1, -0.05) is 44.9 Å². The average Bonchev–Trinajstić information content (AvgIpc) is 2.57. The predicted octanol–water partition coefficient (Wildman–Crippen LogP) is 4.61. The van der Waals surface area contributed by atoms with Crippen molar-refractivity contribution >= 4 is 35.3 Å². The van der Waals surface area contributed by atoms with Crippen molar-refractivity contribution < 1.29 is 4.48 Å². The number of pyridine rings is 1. The number of para-hydroxylation sites is 1. The summed E-state index contributed by atoms with van der Waals surface area (Å²) in [4.78, 5) is 2.38. The van der Waals surface area contributed by atoms with E-state index in [1.54, 1.807) is 0 Å². The zero-order chi connectivity index (χ0) is 17.2. The van der Waals surface area contributed by atoms with Crippen molar-refractivity contribution in [3.63, 3.8) is 0 Å². The first kappa shape index (κ1) is 17.0. The minimum absolute atomic E-state index is 0.812. The molecule has 0 amide bonds. The third-order valence-electron chi connectivity index (χ3n) is 5.11. The molecule has 24 heavy (non-hydrogen) atoms. The van der Waals surface area contributed by atoms with Crippen LogP contribution in [-0.2, 0) is 0 Å². The number of nitrogens with one attached hydrogen (secondary N) is 1. The van der Waals surface area contributed by atoms with Crippen LogP contribution in [0.2, 0.25) is 12.6 Å². The summed E-state index contributed by atoms with van der Waals surface area (Å²) in [7, 11) is 0. The summed E-state index contributed by atoms with van der Waals surface area (Å²) >= 11 is 5.81. The van der Waals surface area contributed by atoms with Gasteiger partial charge in [-0.15, -0.1) is 12.6 Å². The van der Waals surface area contributed by atoms with Crippen LogP contribution in [0.15, 0.2) is 48.7 Å². The van der Waals surface area contributed by atoms with Gasteiger partial charge >= 0.3 is 0 Å². The molecule has 0 unspecified atom stereocenters. The smallest absolute Gasteiger partial charge is 0.292 e. The van der Waals surface area contributed by atoms with E-state index in [9.17, 15) is 0 Å². The number of nitrogens with zero attached hydrogens (tertiary/aromatic N) is 2. The monoisotopic (exact) mass is 339 g/mol. The molecule has 1 aliphatic rings. The molecule has 1 N–H and O–H groups in total. The van der Waals surface area contributed by atoms with Crippen molar-refractivity contribution in [3.05, 3.63) is 54.2 Å². The number of aromatic nitrogens is 1. The largest absolute Gasteiger partial charge is 0.434 e. The van der Waals surface area contributed by atoms with Gasteiger partial charge in [0.2, 0.25) is 10.9 Å². The van der Waals surface area contributed by atoms with Gasteiger partial charge in [-0.05, 0) is 42.9 Å². The Morgan fingerprint density at radius 3 is 2.33 bits per heavy atom. The van der Waals surface area contributed by atoms with Gasteiger partial charge in [0.15, 0.2) is 0 Å². The Balaban J connectivity index is 2.25. The second-order valence-corrected chi connectivity index (χ2v) is 7.23. The van der Waals surface area contributed by atoms with Crippen LogP contribution in [0.5, 0.6) is 0 Å². The third kappa shape index (κ3) is 2.82. The van der Waals surface area contributed by atoms with Crippen molar-refractivity contribution in [2.24, 2.45) is 0 Å². The van der Waals surface area contributed by atoms with Crippen LogP contribution in [0.25, 0.3) is 0 Å². The van der Waals surface area contributed by atoms with E-state index in [0.29, 0.717) is 0 Å². The molecule has 3 nitrogen and oxygen atoms in total. The van der Waals surface area contributed by atoms with Gasteiger partial charge in [0.05, 0.1) is 0 Å². The zero-order valence-corrected chi connectivity index (χ0v) is 15.6. The number of anilines is 2. The molecule has 126 valence electrons. The van der Waals surface area contributed by atoms with Gasteiger partial charge in [-0.25, -0.2) is 5.32 Å². The quantitative estimate of drug-likeness (QED) is 0.634. The van der Waals surface area contributed by atoms with E-state index in [1.807, 2.05) is 0 Å². The molecule has 1 aromatic carbocycles.